The number of hydrogen-bond acceptors (Lipinski definition) is 9. The third kappa shape index (κ3) is 5.57. The lowest BCUT2D eigenvalue weighted by Gasteiger charge is -2.04. The summed E-state index contributed by atoms with van der Waals surface area (Å²) in [5.41, 5.74) is -2.41. The Kier molecular flexibility index (Phi) is 6.06. The zero-order valence-corrected chi connectivity index (χ0v) is 13.9. The van der Waals surface area contributed by atoms with Crippen LogP contribution in [0.3, 0.4) is 0 Å². The van der Waals surface area contributed by atoms with E-state index in [2.05, 4.69) is 19.9 Å². The number of aromatic nitrogens is 8. The number of rotatable bonds is 3. The van der Waals surface area contributed by atoms with Crippen LogP contribution in [0.5, 0.6) is 0 Å². The first kappa shape index (κ1) is 18.9. The van der Waals surface area contributed by atoms with E-state index >= 15 is 0 Å². The minimum Gasteiger partial charge on any atom is -0.335 e. The second-order valence-corrected chi connectivity index (χ2v) is 4.90. The number of imidazole rings is 1. The highest BCUT2D eigenvalue weighted by Gasteiger charge is 2.06. The predicted octanol–water partition coefficient (Wildman–Crippen LogP) is -1.89. The van der Waals surface area contributed by atoms with Crippen molar-refractivity contribution in [3.05, 3.63) is 67.1 Å². The highest BCUT2D eigenvalue weighted by Crippen LogP contribution is 2.01. The number of nitrogens with zero attached hydrogens (tertiary/aromatic N) is 7. The second-order valence-electron chi connectivity index (χ2n) is 4.90. The van der Waals surface area contributed by atoms with Gasteiger partial charge in [-0.15, -0.1) is 0 Å². The molecule has 0 unspecified atom stereocenters. The average molecular weight is 368 g/mol. The molecule has 0 spiro atoms. The standard InChI is InChI=1S/C11H9N7.C3H3N3O3/c1-8-14-3-5-18(8)4-2-9-15-10(6-12)17-11(7-13)16-9;7-1-4-2(8)6-3(9)5-1/h3,5H,2,4H2,1H3;(H3,4,5,6,7,8,9). The third-order valence-electron chi connectivity index (χ3n) is 3.06. The molecule has 0 bridgehead atoms. The first-order chi connectivity index (χ1) is 12.9. The molecule has 0 atom stereocenters. The summed E-state index contributed by atoms with van der Waals surface area (Å²) in [6, 6.07) is 3.63. The van der Waals surface area contributed by atoms with Gasteiger partial charge in [0.2, 0.25) is 11.6 Å². The first-order valence-corrected chi connectivity index (χ1v) is 7.37. The van der Waals surface area contributed by atoms with E-state index in [1.165, 1.54) is 0 Å². The Morgan fingerprint density at radius 3 is 1.89 bits per heavy atom. The summed E-state index contributed by atoms with van der Waals surface area (Å²) in [6.07, 6.45) is 4.08. The van der Waals surface area contributed by atoms with Gasteiger partial charge < -0.3 is 4.57 Å². The molecule has 3 aromatic heterocycles. The molecular weight excluding hydrogens is 356 g/mol. The zero-order valence-electron chi connectivity index (χ0n) is 13.9. The predicted molar refractivity (Wildman–Crippen MR) is 88.2 cm³/mol. The third-order valence-corrected chi connectivity index (χ3v) is 3.06. The van der Waals surface area contributed by atoms with Gasteiger partial charge in [0.1, 0.15) is 23.8 Å². The molecule has 3 heterocycles. The van der Waals surface area contributed by atoms with E-state index in [1.54, 1.807) is 21.1 Å². The fourth-order valence-corrected chi connectivity index (χ4v) is 1.90. The van der Waals surface area contributed by atoms with Gasteiger partial charge in [-0.05, 0) is 6.92 Å². The summed E-state index contributed by atoms with van der Waals surface area (Å²) in [6.45, 7) is 2.54. The fourth-order valence-electron chi connectivity index (χ4n) is 1.90. The lowest BCUT2D eigenvalue weighted by atomic mass is 10.4. The highest BCUT2D eigenvalue weighted by atomic mass is 16.2. The lowest BCUT2D eigenvalue weighted by molar-refractivity contribution is 0.647. The Bertz CT molecular complexity index is 1080. The van der Waals surface area contributed by atoms with Crippen molar-refractivity contribution in [3.8, 4) is 12.1 Å². The van der Waals surface area contributed by atoms with Crippen LogP contribution in [0, 0.1) is 29.6 Å². The van der Waals surface area contributed by atoms with E-state index in [9.17, 15) is 14.4 Å². The lowest BCUT2D eigenvalue weighted by Crippen LogP contribution is -2.34. The SMILES string of the molecule is Cc1nccn1CCc1nc(C#N)nc(C#N)n1.O=c1[nH]c(=O)[nH]c(=O)[nH]1. The molecule has 3 aromatic rings. The smallest absolute Gasteiger partial charge is 0.330 e. The minimum atomic E-state index is -0.802. The van der Waals surface area contributed by atoms with Crippen molar-refractivity contribution in [2.75, 3.05) is 0 Å². The van der Waals surface area contributed by atoms with E-state index in [-0.39, 0.29) is 11.6 Å². The summed E-state index contributed by atoms with van der Waals surface area (Å²) in [4.78, 5) is 51.6. The Morgan fingerprint density at radius 2 is 1.48 bits per heavy atom. The molecule has 0 aliphatic carbocycles. The van der Waals surface area contributed by atoms with Gasteiger partial charge in [-0.1, -0.05) is 0 Å². The molecule has 13 heteroatoms. The van der Waals surface area contributed by atoms with Crippen molar-refractivity contribution in [3.63, 3.8) is 0 Å². The van der Waals surface area contributed by atoms with E-state index in [0.29, 0.717) is 18.8 Å². The van der Waals surface area contributed by atoms with E-state index < -0.39 is 17.1 Å². The summed E-state index contributed by atoms with van der Waals surface area (Å²) in [5.74, 6) is 1.27. The molecule has 0 aliphatic heterocycles. The molecule has 13 nitrogen and oxygen atoms in total. The van der Waals surface area contributed by atoms with Crippen LogP contribution in [0.4, 0.5) is 0 Å². The highest BCUT2D eigenvalue weighted by molar-refractivity contribution is 5.17. The van der Waals surface area contributed by atoms with Crippen LogP contribution in [-0.4, -0.2) is 39.5 Å². The molecule has 3 N–H and O–H groups in total. The van der Waals surface area contributed by atoms with E-state index in [1.807, 2.05) is 29.8 Å². The van der Waals surface area contributed by atoms with Crippen LogP contribution in [0.25, 0.3) is 0 Å². The molecular formula is C14H12N10O3. The maximum absolute atomic E-state index is 10.2. The van der Waals surface area contributed by atoms with Gasteiger partial charge >= 0.3 is 17.1 Å². The zero-order chi connectivity index (χ0) is 19.8. The number of nitrogens with one attached hydrogen (secondary N) is 3. The van der Waals surface area contributed by atoms with Crippen molar-refractivity contribution in [1.29, 1.82) is 10.5 Å². The summed E-state index contributed by atoms with van der Waals surface area (Å²) < 4.78 is 1.95. The largest absolute Gasteiger partial charge is 0.335 e. The van der Waals surface area contributed by atoms with Gasteiger partial charge in [0.15, 0.2) is 0 Å². The Balaban J connectivity index is 0.000000244. The Labute approximate surface area is 150 Å². The summed E-state index contributed by atoms with van der Waals surface area (Å²) in [5, 5.41) is 17.5. The number of aryl methyl sites for hydroxylation is 3. The van der Waals surface area contributed by atoms with Gasteiger partial charge in [0.05, 0.1) is 0 Å². The van der Waals surface area contributed by atoms with Gasteiger partial charge in [-0.2, -0.15) is 15.5 Å². The number of hydrogen-bond donors (Lipinski definition) is 3. The van der Waals surface area contributed by atoms with Crippen LogP contribution < -0.4 is 17.1 Å². The maximum atomic E-state index is 10.2. The van der Waals surface area contributed by atoms with Crippen LogP contribution in [-0.2, 0) is 13.0 Å². The second kappa shape index (κ2) is 8.63. The molecule has 0 fully saturated rings. The van der Waals surface area contributed by atoms with E-state index in [0.717, 1.165) is 5.82 Å². The topological polar surface area (TPSA) is 203 Å². The normalized spacial score (nSPS) is 9.59. The van der Waals surface area contributed by atoms with Gasteiger partial charge in [-0.3, -0.25) is 15.0 Å². The van der Waals surface area contributed by atoms with Crippen molar-refractivity contribution >= 4 is 0 Å². The molecule has 0 saturated heterocycles. The van der Waals surface area contributed by atoms with Crippen molar-refractivity contribution in [1.82, 2.24) is 39.5 Å². The Morgan fingerprint density at radius 1 is 0.963 bits per heavy atom. The molecule has 136 valence electrons. The van der Waals surface area contributed by atoms with Crippen LogP contribution in [0.15, 0.2) is 26.8 Å². The summed E-state index contributed by atoms with van der Waals surface area (Å²) >= 11 is 0. The number of H-pyrrole nitrogens is 3. The van der Waals surface area contributed by atoms with Crippen molar-refractivity contribution in [2.45, 2.75) is 19.9 Å². The van der Waals surface area contributed by atoms with Gasteiger partial charge in [0, 0.05) is 25.4 Å². The van der Waals surface area contributed by atoms with E-state index in [4.69, 9.17) is 10.5 Å². The molecule has 3 rings (SSSR count). The number of nitriles is 2. The van der Waals surface area contributed by atoms with Gasteiger partial charge in [-0.25, -0.2) is 29.3 Å². The first-order valence-electron chi connectivity index (χ1n) is 7.37. The average Bonchev–Trinajstić information content (AvgIpc) is 3.04. The molecule has 0 aliphatic rings. The minimum absolute atomic E-state index is 0.0288. The van der Waals surface area contributed by atoms with Crippen LogP contribution >= 0.6 is 0 Å². The number of aromatic amines is 3. The summed E-state index contributed by atoms with van der Waals surface area (Å²) in [7, 11) is 0. The molecule has 0 saturated carbocycles. The molecule has 0 amide bonds. The quantitative estimate of drug-likeness (QED) is 0.472. The Hall–Kier alpha value is -4.39. The molecule has 0 aromatic carbocycles. The maximum Gasteiger partial charge on any atom is 0.330 e. The van der Waals surface area contributed by atoms with Crippen LogP contribution in [0.1, 0.15) is 23.3 Å². The molecule has 27 heavy (non-hydrogen) atoms. The van der Waals surface area contributed by atoms with Crippen molar-refractivity contribution < 1.29 is 0 Å². The van der Waals surface area contributed by atoms with Crippen molar-refractivity contribution in [2.24, 2.45) is 0 Å². The van der Waals surface area contributed by atoms with Gasteiger partial charge in [0.25, 0.3) is 0 Å². The monoisotopic (exact) mass is 368 g/mol. The molecule has 0 radical (unpaired) electrons. The van der Waals surface area contributed by atoms with Crippen LogP contribution in [0.2, 0.25) is 0 Å². The fraction of sp³-hybridized carbons (Fsp3) is 0.214.